The number of nitrogens with zero attached hydrogens (tertiary/aromatic N) is 5. The van der Waals surface area contributed by atoms with Gasteiger partial charge in [0, 0.05) is 0 Å². The number of nitrogens with two attached hydrogens (primary N) is 1. The van der Waals surface area contributed by atoms with E-state index in [1.165, 1.54) is 0 Å². The van der Waals surface area contributed by atoms with E-state index >= 15 is 0 Å². The number of rotatable bonds is 3. The van der Waals surface area contributed by atoms with Crippen LogP contribution in [0, 0.1) is 0 Å². The highest BCUT2D eigenvalue weighted by atomic mass is 35.5. The van der Waals surface area contributed by atoms with Crippen molar-refractivity contribution in [2.24, 2.45) is 5.73 Å². The maximum Gasteiger partial charge on any atom is 0.280 e. The summed E-state index contributed by atoms with van der Waals surface area (Å²) in [5.41, 5.74) is 7.08. The van der Waals surface area contributed by atoms with Crippen molar-refractivity contribution in [1.82, 2.24) is 25.1 Å². The lowest BCUT2D eigenvalue weighted by Crippen LogP contribution is -2.34. The molecule has 126 valence electrons. The molecule has 0 saturated heterocycles. The van der Waals surface area contributed by atoms with Crippen LogP contribution in [0.5, 0.6) is 0 Å². The van der Waals surface area contributed by atoms with Crippen molar-refractivity contribution in [3.63, 3.8) is 0 Å². The Bertz CT molecular complexity index is 840. The Labute approximate surface area is 149 Å². The molecule has 2 N–H and O–H groups in total. The molecule has 2 aromatic heterocycles. The fourth-order valence-electron chi connectivity index (χ4n) is 2.88. The smallest absolute Gasteiger partial charge is 0.280 e. The summed E-state index contributed by atoms with van der Waals surface area (Å²) in [4.78, 5) is 4.41. The molecule has 0 atom stereocenters. The van der Waals surface area contributed by atoms with Crippen LogP contribution in [0.3, 0.4) is 0 Å². The molecule has 4 rings (SSSR count). The lowest BCUT2D eigenvalue weighted by Gasteiger charge is -2.17. The molecule has 1 saturated carbocycles. The van der Waals surface area contributed by atoms with Crippen LogP contribution >= 0.6 is 24.0 Å². The molecule has 3 aromatic rings. The molecule has 1 aliphatic rings. The number of benzene rings is 1. The largest absolute Gasteiger partial charge is 0.332 e. The van der Waals surface area contributed by atoms with Crippen molar-refractivity contribution in [3.05, 3.63) is 41.3 Å². The van der Waals surface area contributed by atoms with Crippen molar-refractivity contribution < 1.29 is 4.52 Å². The van der Waals surface area contributed by atoms with Gasteiger partial charge in [0.1, 0.15) is 0 Å². The molecule has 7 nitrogen and oxygen atoms in total. The van der Waals surface area contributed by atoms with E-state index in [1.807, 2.05) is 18.2 Å². The highest BCUT2D eigenvalue weighted by Gasteiger charge is 2.36. The maximum atomic E-state index is 6.34. The summed E-state index contributed by atoms with van der Waals surface area (Å²) < 4.78 is 6.90. The average Bonchev–Trinajstić information content (AvgIpc) is 3.27. The summed E-state index contributed by atoms with van der Waals surface area (Å²) in [6.45, 7) is 0. The van der Waals surface area contributed by atoms with E-state index in [-0.39, 0.29) is 12.4 Å². The number of para-hydroxylation sites is 1. The van der Waals surface area contributed by atoms with Crippen molar-refractivity contribution in [2.45, 2.75) is 31.2 Å². The Kier molecular flexibility index (Phi) is 4.58. The highest BCUT2D eigenvalue weighted by molar-refractivity contribution is 6.32. The van der Waals surface area contributed by atoms with E-state index in [4.69, 9.17) is 21.9 Å². The van der Waals surface area contributed by atoms with Crippen molar-refractivity contribution in [1.29, 1.82) is 0 Å². The number of aromatic nitrogens is 5. The first kappa shape index (κ1) is 16.9. The third kappa shape index (κ3) is 2.90. The third-order valence-electron chi connectivity index (χ3n) is 4.18. The second kappa shape index (κ2) is 6.51. The number of hydrogen-bond acceptors (Lipinski definition) is 6. The average molecular weight is 367 g/mol. The molecule has 9 heteroatoms. The van der Waals surface area contributed by atoms with Crippen LogP contribution in [0.25, 0.3) is 17.3 Å². The van der Waals surface area contributed by atoms with E-state index in [9.17, 15) is 0 Å². The number of hydrogen-bond donors (Lipinski definition) is 1. The lowest BCUT2D eigenvalue weighted by molar-refractivity contribution is 0.372. The molecule has 1 aliphatic carbocycles. The molecule has 2 heterocycles. The molecule has 24 heavy (non-hydrogen) atoms. The molecule has 0 unspecified atom stereocenters. The van der Waals surface area contributed by atoms with Gasteiger partial charge in [0.2, 0.25) is 0 Å². The van der Waals surface area contributed by atoms with Gasteiger partial charge in [-0.25, -0.2) is 4.68 Å². The Morgan fingerprint density at radius 3 is 2.71 bits per heavy atom. The Hall–Kier alpha value is -1.96. The first-order chi connectivity index (χ1) is 11.2. The molecule has 0 aliphatic heterocycles. The van der Waals surface area contributed by atoms with Gasteiger partial charge in [-0.2, -0.15) is 4.98 Å². The molecular formula is C15H16Cl2N6O. The minimum absolute atomic E-state index is 0. The van der Waals surface area contributed by atoms with E-state index in [0.29, 0.717) is 22.4 Å². The predicted molar refractivity (Wildman–Crippen MR) is 91.2 cm³/mol. The van der Waals surface area contributed by atoms with Gasteiger partial charge < -0.3 is 10.3 Å². The second-order valence-electron chi connectivity index (χ2n) is 5.79. The van der Waals surface area contributed by atoms with Gasteiger partial charge >= 0.3 is 0 Å². The highest BCUT2D eigenvalue weighted by Crippen LogP contribution is 2.35. The Balaban J connectivity index is 0.00000169. The monoisotopic (exact) mass is 366 g/mol. The lowest BCUT2D eigenvalue weighted by atomic mass is 9.99. The van der Waals surface area contributed by atoms with Crippen LogP contribution < -0.4 is 5.73 Å². The molecular weight excluding hydrogens is 351 g/mol. The molecule has 0 amide bonds. The fourth-order valence-corrected chi connectivity index (χ4v) is 3.10. The van der Waals surface area contributed by atoms with E-state index in [2.05, 4.69) is 20.5 Å². The Morgan fingerprint density at radius 1 is 1.21 bits per heavy atom. The van der Waals surface area contributed by atoms with Crippen LogP contribution in [0.1, 0.15) is 31.5 Å². The zero-order valence-electron chi connectivity index (χ0n) is 12.7. The predicted octanol–water partition coefficient (Wildman–Crippen LogP) is 3.12. The van der Waals surface area contributed by atoms with Gasteiger partial charge in [-0.1, -0.05) is 46.9 Å². The summed E-state index contributed by atoms with van der Waals surface area (Å²) in [7, 11) is 0. The van der Waals surface area contributed by atoms with E-state index in [1.54, 1.807) is 16.9 Å². The summed E-state index contributed by atoms with van der Waals surface area (Å²) in [6, 6.07) is 7.39. The van der Waals surface area contributed by atoms with Crippen molar-refractivity contribution in [2.75, 3.05) is 0 Å². The van der Waals surface area contributed by atoms with E-state index < -0.39 is 5.54 Å². The molecule has 0 spiro atoms. The molecule has 1 aromatic carbocycles. The molecule has 1 fully saturated rings. The van der Waals surface area contributed by atoms with Crippen LogP contribution in [-0.2, 0) is 5.54 Å². The van der Waals surface area contributed by atoms with Crippen molar-refractivity contribution in [3.8, 4) is 17.3 Å². The van der Waals surface area contributed by atoms with Gasteiger partial charge in [-0.3, -0.25) is 0 Å². The molecule has 0 bridgehead atoms. The summed E-state index contributed by atoms with van der Waals surface area (Å²) in [5, 5.41) is 12.8. The minimum atomic E-state index is -0.486. The first-order valence-electron chi connectivity index (χ1n) is 7.46. The quantitative estimate of drug-likeness (QED) is 0.764. The first-order valence-corrected chi connectivity index (χ1v) is 7.84. The minimum Gasteiger partial charge on any atom is -0.332 e. The van der Waals surface area contributed by atoms with Crippen LogP contribution in [0.2, 0.25) is 5.02 Å². The van der Waals surface area contributed by atoms with E-state index in [0.717, 1.165) is 31.4 Å². The fraction of sp³-hybridized carbons (Fsp3) is 0.333. The summed E-state index contributed by atoms with van der Waals surface area (Å²) in [6.07, 6.45) is 5.62. The maximum absolute atomic E-state index is 6.34. The van der Waals surface area contributed by atoms with Gasteiger partial charge in [-0.05, 0) is 25.0 Å². The zero-order valence-corrected chi connectivity index (χ0v) is 14.3. The summed E-state index contributed by atoms with van der Waals surface area (Å²) >= 11 is 6.17. The van der Waals surface area contributed by atoms with Gasteiger partial charge in [0.25, 0.3) is 5.89 Å². The van der Waals surface area contributed by atoms with Crippen LogP contribution in [-0.4, -0.2) is 25.1 Å². The zero-order chi connectivity index (χ0) is 15.9. The van der Waals surface area contributed by atoms with Crippen LogP contribution in [0.4, 0.5) is 0 Å². The summed E-state index contributed by atoms with van der Waals surface area (Å²) in [5.74, 6) is 0.854. The third-order valence-corrected chi connectivity index (χ3v) is 4.50. The van der Waals surface area contributed by atoms with Crippen LogP contribution in [0.15, 0.2) is 35.0 Å². The van der Waals surface area contributed by atoms with Gasteiger partial charge in [0.15, 0.2) is 11.5 Å². The SMILES string of the molecule is Cl.NC1(c2noc(-c3cn(-c4ccccc4Cl)nn3)n2)CCCC1. The van der Waals surface area contributed by atoms with Gasteiger partial charge in [-0.15, -0.1) is 17.5 Å². The normalized spacial score (nSPS) is 16.1. The number of halogens is 2. The van der Waals surface area contributed by atoms with Crippen molar-refractivity contribution >= 4 is 24.0 Å². The standard InChI is InChI=1S/C15H15ClN6O.ClH/c16-10-5-1-2-6-12(10)22-9-11(19-21-22)13-18-14(20-23-13)15(17)7-3-4-8-15;/h1-2,5-6,9H,3-4,7-8,17H2;1H. The molecule has 0 radical (unpaired) electrons. The van der Waals surface area contributed by atoms with Gasteiger partial charge in [0.05, 0.1) is 22.4 Å². The Morgan fingerprint density at radius 2 is 1.96 bits per heavy atom. The second-order valence-corrected chi connectivity index (χ2v) is 6.19. The topological polar surface area (TPSA) is 95.7 Å².